The average Bonchev–Trinajstić information content (AvgIpc) is 2.46. The monoisotopic (exact) mass is 433 g/mol. The summed E-state index contributed by atoms with van der Waals surface area (Å²) in [6, 6.07) is 0.573. The molecule has 2 fully saturated rings. The summed E-state index contributed by atoms with van der Waals surface area (Å²) in [4.78, 5) is 8.74. The van der Waals surface area contributed by atoms with Crippen molar-refractivity contribution in [1.29, 1.82) is 0 Å². The van der Waals surface area contributed by atoms with E-state index in [0.717, 1.165) is 52.4 Å². The van der Waals surface area contributed by atoms with Gasteiger partial charge in [0.15, 0.2) is 0 Å². The van der Waals surface area contributed by atoms with Crippen molar-refractivity contribution in [2.75, 3.05) is 66.5 Å². The molecule has 7 heteroatoms. The smallest absolute Gasteiger partial charge is 0.305 e. The Hall–Kier alpha value is 0.939. The number of halogens is 2. The Kier molecular flexibility index (Phi) is 9.04. The van der Waals surface area contributed by atoms with Crippen LogP contribution in [0.3, 0.4) is 0 Å². The summed E-state index contributed by atoms with van der Waals surface area (Å²) in [7, 11) is 4.38. The van der Waals surface area contributed by atoms with Gasteiger partial charge in [0, 0.05) is 58.4 Å². The first-order chi connectivity index (χ1) is 11.0. The predicted octanol–water partition coefficient (Wildman–Crippen LogP) is 2.46. The number of likely N-dealkylation sites (N-methyl/N-ethyl adjacent to an activating group) is 2. The largest absolute Gasteiger partial charge is 2.00 e. The minimum atomic E-state index is -0.569. The fourth-order valence-corrected chi connectivity index (χ4v) is 4.60. The minimum Gasteiger partial charge on any atom is -0.305 e. The first-order valence-corrected chi connectivity index (χ1v) is 10.0. The fourth-order valence-electron chi connectivity index (χ4n) is 4.05. The second-order valence-corrected chi connectivity index (χ2v) is 9.96. The van der Waals surface area contributed by atoms with Gasteiger partial charge in [-0.2, -0.15) is 0 Å². The van der Waals surface area contributed by atoms with Crippen molar-refractivity contribution >= 4 is 23.2 Å². The van der Waals surface area contributed by atoms with E-state index in [-0.39, 0.29) is 17.1 Å². The molecule has 0 saturated carbocycles. The van der Waals surface area contributed by atoms with Gasteiger partial charge in [-0.05, 0) is 40.8 Å². The number of nitrogens with zero attached hydrogens (tertiary/aromatic N) is 4. The van der Waals surface area contributed by atoms with E-state index >= 15 is 0 Å². The van der Waals surface area contributed by atoms with E-state index in [1.165, 1.54) is 0 Å². The molecule has 6 atom stereocenters. The molecule has 147 valence electrons. The molecule has 0 N–H and O–H groups in total. The maximum atomic E-state index is 7.09. The van der Waals surface area contributed by atoms with Crippen molar-refractivity contribution in [3.8, 4) is 0 Å². The maximum Gasteiger partial charge on any atom is 2.00 e. The Balaban J connectivity index is 0.00000312. The van der Waals surface area contributed by atoms with Crippen LogP contribution < -0.4 is 0 Å². The van der Waals surface area contributed by atoms with Crippen LogP contribution in [-0.4, -0.2) is 102 Å². The Morgan fingerprint density at radius 1 is 0.840 bits per heavy atom. The van der Waals surface area contributed by atoms with Crippen molar-refractivity contribution in [1.82, 2.24) is 19.6 Å². The number of alkyl halides is 2. The Morgan fingerprint density at radius 2 is 1.36 bits per heavy atom. The van der Waals surface area contributed by atoms with E-state index in [2.05, 4.69) is 61.4 Å². The number of fused-ring (bicyclic) bond motifs is 3. The van der Waals surface area contributed by atoms with Crippen LogP contribution in [0.5, 0.6) is 0 Å². The third-order valence-corrected chi connectivity index (χ3v) is 7.53. The average molecular weight is 434 g/mol. The van der Waals surface area contributed by atoms with Crippen LogP contribution in [0, 0.1) is 5.92 Å². The molecule has 0 aromatic heterocycles. The van der Waals surface area contributed by atoms with Crippen LogP contribution >= 0.6 is 23.2 Å². The second kappa shape index (κ2) is 9.43. The molecule has 0 spiro atoms. The molecule has 0 aliphatic carbocycles. The number of hydrogen-bond acceptors (Lipinski definition) is 4. The quantitative estimate of drug-likeness (QED) is 0.330. The molecular formula is C18H36Cl2MnN4+2. The molecule has 2 rings (SSSR count). The topological polar surface area (TPSA) is 13.0 Å². The number of hydrogen-bond donors (Lipinski definition) is 0. The van der Waals surface area contributed by atoms with Gasteiger partial charge < -0.3 is 9.80 Å². The first kappa shape index (κ1) is 24.0. The van der Waals surface area contributed by atoms with Crippen LogP contribution in [-0.2, 0) is 17.1 Å². The molecule has 2 bridgehead atoms. The Labute approximate surface area is 175 Å². The summed E-state index contributed by atoms with van der Waals surface area (Å²) in [5.74, 6) is 0.662. The van der Waals surface area contributed by atoms with E-state index in [4.69, 9.17) is 23.2 Å². The summed E-state index contributed by atoms with van der Waals surface area (Å²) < 4.78 is 0. The molecule has 2 heterocycles. The van der Waals surface area contributed by atoms with E-state index in [9.17, 15) is 0 Å². The van der Waals surface area contributed by atoms with Gasteiger partial charge in [0.2, 0.25) is 0 Å². The normalized spacial score (nSPS) is 45.6. The molecule has 2 saturated heterocycles. The van der Waals surface area contributed by atoms with Crippen LogP contribution in [0.25, 0.3) is 0 Å². The fraction of sp³-hybridized carbons (Fsp3) is 1.00. The van der Waals surface area contributed by atoms with Crippen LogP contribution in [0.15, 0.2) is 0 Å². The van der Waals surface area contributed by atoms with Gasteiger partial charge in [-0.15, -0.1) is 23.2 Å². The second-order valence-electron chi connectivity index (χ2n) is 8.39. The van der Waals surface area contributed by atoms with Gasteiger partial charge in [-0.3, -0.25) is 9.80 Å². The van der Waals surface area contributed by atoms with Gasteiger partial charge in [-0.25, -0.2) is 0 Å². The summed E-state index contributed by atoms with van der Waals surface area (Å²) in [6.45, 7) is 17.0. The van der Waals surface area contributed by atoms with E-state index in [1.54, 1.807) is 0 Å². The zero-order valence-electron chi connectivity index (χ0n) is 16.7. The zero-order chi connectivity index (χ0) is 18.1. The predicted molar refractivity (Wildman–Crippen MR) is 105 cm³/mol. The van der Waals surface area contributed by atoms with Crippen molar-refractivity contribution in [2.45, 2.75) is 43.6 Å². The molecule has 1 radical (unpaired) electrons. The molecule has 6 unspecified atom stereocenters. The van der Waals surface area contributed by atoms with Gasteiger partial charge in [0.1, 0.15) is 5.00 Å². The van der Waals surface area contributed by atoms with E-state index < -0.39 is 9.87 Å². The van der Waals surface area contributed by atoms with Crippen LogP contribution in [0.4, 0.5) is 0 Å². The van der Waals surface area contributed by atoms with Crippen molar-refractivity contribution < 1.29 is 17.1 Å². The summed E-state index contributed by atoms with van der Waals surface area (Å²) in [5, 5.41) is 0. The van der Waals surface area contributed by atoms with Crippen LogP contribution in [0.2, 0.25) is 0 Å². The SMILES string of the molecule is CC1CN(C)CCN2CCN(CCN(C)CC(C)(Cl)C2(C)Cl)C1C.[Mn+2]. The molecule has 2 aliphatic rings. The standard InChI is InChI=1S/C18H36Cl2N4.Mn/c1-15-13-21(5)8-11-24-12-10-23(16(15)2)9-7-22(6)14-17(3,19)18(24,4)20;/h15-16H,7-14H2,1-6H3;/q;+2. The first-order valence-electron chi connectivity index (χ1n) is 9.28. The molecule has 2 aliphatic heterocycles. The Morgan fingerprint density at radius 3 is 2.00 bits per heavy atom. The molecule has 0 amide bonds. The van der Waals surface area contributed by atoms with E-state index in [0.29, 0.717) is 12.0 Å². The van der Waals surface area contributed by atoms with Crippen LogP contribution in [0.1, 0.15) is 27.7 Å². The Bertz CT molecular complexity index is 422. The molecule has 4 nitrogen and oxygen atoms in total. The van der Waals surface area contributed by atoms with Crippen molar-refractivity contribution in [3.63, 3.8) is 0 Å². The van der Waals surface area contributed by atoms with E-state index in [1.807, 2.05) is 0 Å². The maximum absolute atomic E-state index is 7.09. The van der Waals surface area contributed by atoms with Crippen molar-refractivity contribution in [2.24, 2.45) is 5.92 Å². The third-order valence-electron chi connectivity index (χ3n) is 6.29. The summed E-state index contributed by atoms with van der Waals surface area (Å²) in [6.07, 6.45) is 0. The molecule has 0 aromatic carbocycles. The molecular weight excluding hydrogens is 398 g/mol. The molecule has 0 aromatic rings. The van der Waals surface area contributed by atoms with Gasteiger partial charge in [0.05, 0.1) is 4.87 Å². The van der Waals surface area contributed by atoms with Crippen molar-refractivity contribution in [3.05, 3.63) is 0 Å². The van der Waals surface area contributed by atoms with Gasteiger partial charge in [-0.1, -0.05) is 6.92 Å². The molecule has 25 heavy (non-hydrogen) atoms. The third kappa shape index (κ3) is 5.71. The van der Waals surface area contributed by atoms with Gasteiger partial charge in [0.25, 0.3) is 0 Å². The summed E-state index contributed by atoms with van der Waals surface area (Å²) >= 11 is 14.1. The van der Waals surface area contributed by atoms with Gasteiger partial charge >= 0.3 is 17.1 Å². The number of rotatable bonds is 0. The zero-order valence-corrected chi connectivity index (χ0v) is 19.4. The summed E-state index contributed by atoms with van der Waals surface area (Å²) in [5.41, 5.74) is 0. The minimum absolute atomic E-state index is 0.